The van der Waals surface area contributed by atoms with Crippen molar-refractivity contribution in [2.75, 3.05) is 19.0 Å². The number of fused-ring (bicyclic) bond motifs is 1. The quantitative estimate of drug-likeness (QED) is 0.609. The van der Waals surface area contributed by atoms with Crippen LogP contribution in [-0.4, -0.2) is 19.1 Å². The van der Waals surface area contributed by atoms with Crippen LogP contribution in [0.4, 0.5) is 5.82 Å². The molecule has 0 aliphatic heterocycles. The fraction of sp³-hybridized carbons (Fsp3) is 0.118. The maximum atomic E-state index is 6.39. The predicted octanol–water partition coefficient (Wildman–Crippen LogP) is 5.38. The lowest BCUT2D eigenvalue weighted by Gasteiger charge is -2.16. The molecule has 0 radical (unpaired) electrons. The summed E-state index contributed by atoms with van der Waals surface area (Å²) in [7, 11) is 3.98. The molecular formula is C17H14BrClN2. The maximum absolute atomic E-state index is 6.39. The van der Waals surface area contributed by atoms with Gasteiger partial charge in [0.1, 0.15) is 5.82 Å². The van der Waals surface area contributed by atoms with E-state index in [1.165, 1.54) is 0 Å². The summed E-state index contributed by atoms with van der Waals surface area (Å²) < 4.78 is 1.03. The van der Waals surface area contributed by atoms with Gasteiger partial charge in [0.25, 0.3) is 0 Å². The molecule has 0 unspecified atom stereocenters. The highest BCUT2D eigenvalue weighted by atomic mass is 79.9. The summed E-state index contributed by atoms with van der Waals surface area (Å²) in [5, 5.41) is 1.83. The lowest BCUT2D eigenvalue weighted by molar-refractivity contribution is 1.08. The first-order valence-electron chi connectivity index (χ1n) is 6.59. The Hall–Kier alpha value is -1.58. The number of pyridine rings is 1. The third-order valence-electron chi connectivity index (χ3n) is 3.38. The molecule has 21 heavy (non-hydrogen) atoms. The van der Waals surface area contributed by atoms with E-state index in [0.29, 0.717) is 0 Å². The Balaban J connectivity index is 2.38. The summed E-state index contributed by atoms with van der Waals surface area (Å²) >= 11 is 9.92. The van der Waals surface area contributed by atoms with Crippen molar-refractivity contribution in [1.29, 1.82) is 0 Å². The maximum Gasteiger partial charge on any atom is 0.129 e. The zero-order valence-electron chi connectivity index (χ0n) is 11.8. The van der Waals surface area contributed by atoms with E-state index in [9.17, 15) is 0 Å². The molecule has 4 heteroatoms. The second-order valence-corrected chi connectivity index (χ2v) is 6.39. The van der Waals surface area contributed by atoms with Crippen LogP contribution in [0.25, 0.3) is 22.0 Å². The fourth-order valence-corrected chi connectivity index (χ4v) is 2.91. The first-order chi connectivity index (χ1) is 10.1. The molecule has 0 fully saturated rings. The van der Waals surface area contributed by atoms with Crippen LogP contribution < -0.4 is 4.90 Å². The molecule has 1 aromatic heterocycles. The second kappa shape index (κ2) is 5.66. The lowest BCUT2D eigenvalue weighted by Crippen LogP contribution is -2.10. The zero-order chi connectivity index (χ0) is 15.0. The van der Waals surface area contributed by atoms with E-state index < -0.39 is 0 Å². The van der Waals surface area contributed by atoms with Gasteiger partial charge in [-0.25, -0.2) is 4.98 Å². The van der Waals surface area contributed by atoms with E-state index in [4.69, 9.17) is 16.6 Å². The van der Waals surface area contributed by atoms with Crippen molar-refractivity contribution >= 4 is 44.3 Å². The predicted molar refractivity (Wildman–Crippen MR) is 94.2 cm³/mol. The van der Waals surface area contributed by atoms with Crippen LogP contribution in [0.15, 0.2) is 53.0 Å². The van der Waals surface area contributed by atoms with Crippen LogP contribution in [0.5, 0.6) is 0 Å². The molecule has 0 saturated carbocycles. The first kappa shape index (κ1) is 14.4. The Bertz CT molecular complexity index is 815. The molecule has 0 aliphatic rings. The van der Waals surface area contributed by atoms with Gasteiger partial charge in [0, 0.05) is 34.5 Å². The van der Waals surface area contributed by atoms with Gasteiger partial charge in [-0.2, -0.15) is 0 Å². The number of anilines is 1. The minimum absolute atomic E-state index is 0.745. The molecule has 106 valence electrons. The van der Waals surface area contributed by atoms with Gasteiger partial charge in [-0.1, -0.05) is 45.7 Å². The van der Waals surface area contributed by atoms with E-state index in [2.05, 4.69) is 28.1 Å². The van der Waals surface area contributed by atoms with Gasteiger partial charge >= 0.3 is 0 Å². The number of hydrogen-bond donors (Lipinski definition) is 0. The summed E-state index contributed by atoms with van der Waals surface area (Å²) in [5.41, 5.74) is 3.07. The van der Waals surface area contributed by atoms with Crippen molar-refractivity contribution in [2.24, 2.45) is 0 Å². The van der Waals surface area contributed by atoms with Crippen LogP contribution in [0.1, 0.15) is 0 Å². The molecule has 0 saturated heterocycles. The molecule has 2 nitrogen and oxygen atoms in total. The number of benzene rings is 2. The molecule has 0 bridgehead atoms. The van der Waals surface area contributed by atoms with E-state index in [-0.39, 0.29) is 0 Å². The van der Waals surface area contributed by atoms with Gasteiger partial charge in [0.15, 0.2) is 0 Å². The van der Waals surface area contributed by atoms with E-state index in [1.807, 2.05) is 55.4 Å². The first-order valence-corrected chi connectivity index (χ1v) is 7.76. The van der Waals surface area contributed by atoms with Crippen molar-refractivity contribution in [3.63, 3.8) is 0 Å². The Morgan fingerprint density at radius 1 is 1.00 bits per heavy atom. The highest BCUT2D eigenvalue weighted by molar-refractivity contribution is 9.10. The molecule has 0 N–H and O–H groups in total. The summed E-state index contributed by atoms with van der Waals surface area (Å²) in [6.45, 7) is 0. The lowest BCUT2D eigenvalue weighted by atomic mass is 10.0. The third-order valence-corrected chi connectivity index (χ3v) is 4.20. The van der Waals surface area contributed by atoms with Crippen LogP contribution in [0.3, 0.4) is 0 Å². The average molecular weight is 362 g/mol. The van der Waals surface area contributed by atoms with Gasteiger partial charge in [0.2, 0.25) is 0 Å². The number of halogens is 2. The van der Waals surface area contributed by atoms with Gasteiger partial charge in [-0.3, -0.25) is 0 Å². The second-order valence-electron chi connectivity index (χ2n) is 5.06. The van der Waals surface area contributed by atoms with Gasteiger partial charge in [-0.15, -0.1) is 0 Å². The fourth-order valence-electron chi connectivity index (χ4n) is 2.32. The zero-order valence-corrected chi connectivity index (χ0v) is 14.1. The largest absolute Gasteiger partial charge is 0.363 e. The number of rotatable bonds is 2. The molecule has 3 aromatic rings. The number of nitrogens with zero attached hydrogens (tertiary/aromatic N) is 2. The summed E-state index contributed by atoms with van der Waals surface area (Å²) in [5.74, 6) is 0.916. The molecule has 0 atom stereocenters. The standard InChI is InChI=1S/C17H14BrClN2/c1-21(2)17-10-13(12-5-3-4-6-15(12)19)14-9-11(18)7-8-16(14)20-17/h3-10H,1-2H3. The van der Waals surface area contributed by atoms with E-state index >= 15 is 0 Å². The van der Waals surface area contributed by atoms with Crippen molar-refractivity contribution in [2.45, 2.75) is 0 Å². The highest BCUT2D eigenvalue weighted by Crippen LogP contribution is 2.36. The van der Waals surface area contributed by atoms with Crippen molar-refractivity contribution in [3.05, 3.63) is 58.0 Å². The van der Waals surface area contributed by atoms with Crippen LogP contribution in [0, 0.1) is 0 Å². The molecule has 0 amide bonds. The Kier molecular flexibility index (Phi) is 3.87. The number of aromatic nitrogens is 1. The van der Waals surface area contributed by atoms with Gasteiger partial charge in [0.05, 0.1) is 5.52 Å². The molecular weight excluding hydrogens is 348 g/mol. The molecule has 3 rings (SSSR count). The topological polar surface area (TPSA) is 16.1 Å². The van der Waals surface area contributed by atoms with E-state index in [0.717, 1.165) is 37.3 Å². The Morgan fingerprint density at radius 3 is 2.48 bits per heavy atom. The molecule has 2 aromatic carbocycles. The smallest absolute Gasteiger partial charge is 0.129 e. The summed E-state index contributed by atoms with van der Waals surface area (Å²) in [4.78, 5) is 6.70. The third kappa shape index (κ3) is 2.76. The van der Waals surface area contributed by atoms with Crippen LogP contribution >= 0.6 is 27.5 Å². The van der Waals surface area contributed by atoms with Crippen molar-refractivity contribution in [3.8, 4) is 11.1 Å². The molecule has 1 heterocycles. The van der Waals surface area contributed by atoms with Crippen LogP contribution in [-0.2, 0) is 0 Å². The Morgan fingerprint density at radius 2 is 1.76 bits per heavy atom. The summed E-state index contributed by atoms with van der Waals surface area (Å²) in [6, 6.07) is 16.1. The normalized spacial score (nSPS) is 10.9. The molecule has 0 aliphatic carbocycles. The minimum atomic E-state index is 0.745. The SMILES string of the molecule is CN(C)c1cc(-c2ccccc2Cl)c2cc(Br)ccc2n1. The van der Waals surface area contributed by atoms with Crippen molar-refractivity contribution in [1.82, 2.24) is 4.98 Å². The summed E-state index contributed by atoms with van der Waals surface area (Å²) in [6.07, 6.45) is 0. The van der Waals surface area contributed by atoms with Crippen molar-refractivity contribution < 1.29 is 0 Å². The molecule has 0 spiro atoms. The van der Waals surface area contributed by atoms with Crippen LogP contribution in [0.2, 0.25) is 5.02 Å². The van der Waals surface area contributed by atoms with E-state index in [1.54, 1.807) is 0 Å². The number of hydrogen-bond acceptors (Lipinski definition) is 2. The van der Waals surface area contributed by atoms with Gasteiger partial charge < -0.3 is 4.90 Å². The average Bonchev–Trinajstić information content (AvgIpc) is 2.47. The Labute approximate surface area is 137 Å². The monoisotopic (exact) mass is 360 g/mol. The van der Waals surface area contributed by atoms with Gasteiger partial charge in [-0.05, 0) is 35.9 Å². The highest BCUT2D eigenvalue weighted by Gasteiger charge is 2.11. The minimum Gasteiger partial charge on any atom is -0.363 e.